The fourth-order valence-electron chi connectivity index (χ4n) is 0.278. The van der Waals surface area contributed by atoms with Gasteiger partial charge in [-0.25, -0.2) is 0 Å². The van der Waals surface area contributed by atoms with E-state index in [2.05, 4.69) is 0 Å². The third-order valence-corrected chi connectivity index (χ3v) is 1.72. The second-order valence-electron chi connectivity index (χ2n) is 1.75. The molecule has 0 fully saturated rings. The molecule has 0 unspecified atom stereocenters. The lowest BCUT2D eigenvalue weighted by molar-refractivity contribution is -0.137. The molecule has 0 aliphatic heterocycles. The third kappa shape index (κ3) is 7.64. The number of carbonyl (C=O) groups is 2. The first-order valence-electron chi connectivity index (χ1n) is 2.65. The van der Waals surface area contributed by atoms with Crippen LogP contribution >= 0.6 is 24.2 Å². The molecule has 3 N–H and O–H groups in total. The highest BCUT2D eigenvalue weighted by Gasteiger charge is 2.11. The van der Waals surface area contributed by atoms with Gasteiger partial charge in [-0.1, -0.05) is 11.8 Å². The summed E-state index contributed by atoms with van der Waals surface area (Å²) >= 11 is 0.923. The van der Waals surface area contributed by atoms with Gasteiger partial charge < -0.3 is 10.8 Å². The normalized spacial score (nSPS) is 11.5. The van der Waals surface area contributed by atoms with Crippen molar-refractivity contribution in [3.8, 4) is 0 Å². The molecular formula is C5H10ClNO3S. The summed E-state index contributed by atoms with van der Waals surface area (Å²) in [7, 11) is 0. The van der Waals surface area contributed by atoms with E-state index in [1.165, 1.54) is 6.92 Å². The highest BCUT2D eigenvalue weighted by atomic mass is 35.5. The monoisotopic (exact) mass is 199 g/mol. The molecule has 0 heterocycles. The Morgan fingerprint density at radius 1 is 1.64 bits per heavy atom. The van der Waals surface area contributed by atoms with Gasteiger partial charge in [0.25, 0.3) is 0 Å². The van der Waals surface area contributed by atoms with Gasteiger partial charge in [0, 0.05) is 12.7 Å². The van der Waals surface area contributed by atoms with Crippen molar-refractivity contribution in [2.24, 2.45) is 5.73 Å². The number of carbonyl (C=O) groups excluding carboxylic acids is 1. The van der Waals surface area contributed by atoms with Gasteiger partial charge in [-0.3, -0.25) is 9.59 Å². The molecule has 66 valence electrons. The molecule has 0 saturated heterocycles. The molecule has 1 atom stereocenters. The standard InChI is InChI=1S/C5H9NO3S.ClH/c1-3(7)10-2-4(6)5(8)9;/h4H,2,6H2,1H3,(H,8,9);1H/t4-;/m0./s1. The topological polar surface area (TPSA) is 80.4 Å². The van der Waals surface area contributed by atoms with Crippen LogP contribution in [0.1, 0.15) is 6.92 Å². The number of rotatable bonds is 3. The van der Waals surface area contributed by atoms with Crippen molar-refractivity contribution in [2.45, 2.75) is 13.0 Å². The summed E-state index contributed by atoms with van der Waals surface area (Å²) in [6.45, 7) is 1.37. The highest BCUT2D eigenvalue weighted by molar-refractivity contribution is 8.13. The van der Waals surface area contributed by atoms with Crippen LogP contribution in [0.3, 0.4) is 0 Å². The maximum absolute atomic E-state index is 10.3. The number of thioether (sulfide) groups is 1. The van der Waals surface area contributed by atoms with Gasteiger partial charge in [0.1, 0.15) is 6.04 Å². The lowest BCUT2D eigenvalue weighted by Crippen LogP contribution is -2.32. The van der Waals surface area contributed by atoms with Crippen molar-refractivity contribution in [1.29, 1.82) is 0 Å². The Morgan fingerprint density at radius 3 is 2.36 bits per heavy atom. The number of halogens is 1. The minimum atomic E-state index is -1.08. The summed E-state index contributed by atoms with van der Waals surface area (Å²) in [4.78, 5) is 20.3. The molecule has 0 spiro atoms. The van der Waals surface area contributed by atoms with E-state index in [9.17, 15) is 9.59 Å². The Kier molecular flexibility index (Phi) is 7.82. The molecule has 0 rings (SSSR count). The summed E-state index contributed by atoms with van der Waals surface area (Å²) in [6, 6.07) is -0.936. The molecule has 0 amide bonds. The molecule has 0 saturated carbocycles. The largest absolute Gasteiger partial charge is 0.480 e. The predicted molar refractivity (Wildman–Crippen MR) is 46.0 cm³/mol. The average Bonchev–Trinajstić information content (AvgIpc) is 1.82. The van der Waals surface area contributed by atoms with Crippen LogP contribution in [-0.2, 0) is 9.59 Å². The van der Waals surface area contributed by atoms with Gasteiger partial charge in [0.15, 0.2) is 5.12 Å². The third-order valence-electron chi connectivity index (χ3n) is 0.783. The Labute approximate surface area is 74.9 Å². The molecule has 0 aromatic heterocycles. The van der Waals surface area contributed by atoms with Crippen LogP contribution in [0.5, 0.6) is 0 Å². The van der Waals surface area contributed by atoms with Crippen LogP contribution < -0.4 is 5.73 Å². The van der Waals surface area contributed by atoms with Crippen molar-refractivity contribution < 1.29 is 14.7 Å². The molecular weight excluding hydrogens is 190 g/mol. The number of aliphatic carboxylic acids is 1. The molecule has 11 heavy (non-hydrogen) atoms. The maximum Gasteiger partial charge on any atom is 0.321 e. The van der Waals surface area contributed by atoms with Crippen LogP contribution in [-0.4, -0.2) is 28.0 Å². The number of hydrogen-bond acceptors (Lipinski definition) is 4. The zero-order valence-electron chi connectivity index (χ0n) is 5.94. The molecule has 4 nitrogen and oxygen atoms in total. The van der Waals surface area contributed by atoms with E-state index in [1.807, 2.05) is 0 Å². The molecule has 0 bridgehead atoms. The van der Waals surface area contributed by atoms with Crippen LogP contribution in [0.2, 0.25) is 0 Å². The molecule has 0 aliphatic carbocycles. The van der Waals surface area contributed by atoms with Crippen LogP contribution in [0, 0.1) is 0 Å². The summed E-state index contributed by atoms with van der Waals surface area (Å²) in [5.41, 5.74) is 5.09. The minimum Gasteiger partial charge on any atom is -0.480 e. The Morgan fingerprint density at radius 2 is 2.09 bits per heavy atom. The molecule has 6 heteroatoms. The van der Waals surface area contributed by atoms with E-state index in [0.717, 1.165) is 11.8 Å². The highest BCUT2D eigenvalue weighted by Crippen LogP contribution is 2.01. The second kappa shape index (κ2) is 6.45. The molecule has 0 radical (unpaired) electrons. The summed E-state index contributed by atoms with van der Waals surface area (Å²) in [5.74, 6) is -0.932. The van der Waals surface area contributed by atoms with E-state index in [0.29, 0.717) is 0 Å². The Bertz CT molecular complexity index is 153. The van der Waals surface area contributed by atoms with E-state index in [1.54, 1.807) is 0 Å². The lowest BCUT2D eigenvalue weighted by atomic mass is 10.4. The van der Waals surface area contributed by atoms with Gasteiger partial charge in [-0.05, 0) is 0 Å². The van der Waals surface area contributed by atoms with E-state index in [4.69, 9.17) is 10.8 Å². The van der Waals surface area contributed by atoms with Crippen LogP contribution in [0.25, 0.3) is 0 Å². The van der Waals surface area contributed by atoms with Crippen LogP contribution in [0.15, 0.2) is 0 Å². The van der Waals surface area contributed by atoms with Gasteiger partial charge in [-0.2, -0.15) is 0 Å². The quantitative estimate of drug-likeness (QED) is 0.674. The zero-order valence-corrected chi connectivity index (χ0v) is 7.58. The minimum absolute atomic E-state index is 0. The fourth-order valence-corrected chi connectivity index (χ4v) is 0.835. The summed E-state index contributed by atoms with van der Waals surface area (Å²) in [6.07, 6.45) is 0. The van der Waals surface area contributed by atoms with Crippen molar-refractivity contribution >= 4 is 35.3 Å². The zero-order chi connectivity index (χ0) is 8.15. The predicted octanol–water partition coefficient (Wildman–Crippen LogP) is 0.0998. The van der Waals surface area contributed by atoms with E-state index < -0.39 is 12.0 Å². The van der Waals surface area contributed by atoms with Crippen molar-refractivity contribution in [2.75, 3.05) is 5.75 Å². The first kappa shape index (κ1) is 13.3. The second-order valence-corrected chi connectivity index (χ2v) is 2.94. The van der Waals surface area contributed by atoms with Gasteiger partial charge in [0.2, 0.25) is 0 Å². The van der Waals surface area contributed by atoms with E-state index in [-0.39, 0.29) is 23.3 Å². The SMILES string of the molecule is CC(=O)SC[C@H](N)C(=O)O.Cl. The fraction of sp³-hybridized carbons (Fsp3) is 0.600. The Hall–Kier alpha value is -0.260. The average molecular weight is 200 g/mol. The molecule has 0 aromatic rings. The van der Waals surface area contributed by atoms with Crippen molar-refractivity contribution in [1.82, 2.24) is 0 Å². The first-order valence-corrected chi connectivity index (χ1v) is 3.64. The smallest absolute Gasteiger partial charge is 0.321 e. The number of nitrogens with two attached hydrogens (primary N) is 1. The first-order chi connectivity index (χ1) is 4.54. The van der Waals surface area contributed by atoms with Crippen molar-refractivity contribution in [3.63, 3.8) is 0 Å². The number of carboxylic acid groups (broad SMARTS) is 1. The number of hydrogen-bond donors (Lipinski definition) is 2. The molecule has 0 aromatic carbocycles. The summed E-state index contributed by atoms with van der Waals surface area (Å²) < 4.78 is 0. The van der Waals surface area contributed by atoms with Gasteiger partial charge in [-0.15, -0.1) is 12.4 Å². The molecule has 0 aliphatic rings. The Balaban J connectivity index is 0. The van der Waals surface area contributed by atoms with Crippen molar-refractivity contribution in [3.05, 3.63) is 0 Å². The van der Waals surface area contributed by atoms with Gasteiger partial charge >= 0.3 is 5.97 Å². The summed E-state index contributed by atoms with van der Waals surface area (Å²) in [5, 5.41) is 8.13. The lowest BCUT2D eigenvalue weighted by Gasteiger charge is -2.01. The van der Waals surface area contributed by atoms with Crippen LogP contribution in [0.4, 0.5) is 0 Å². The van der Waals surface area contributed by atoms with Gasteiger partial charge in [0.05, 0.1) is 0 Å². The maximum atomic E-state index is 10.3. The number of carboxylic acids is 1. The van der Waals surface area contributed by atoms with E-state index >= 15 is 0 Å².